The zero-order valence-electron chi connectivity index (χ0n) is 16.0. The minimum absolute atomic E-state index is 0.249. The van der Waals surface area contributed by atoms with Gasteiger partial charge >= 0.3 is 6.03 Å². The quantitative estimate of drug-likeness (QED) is 0.679. The van der Waals surface area contributed by atoms with Gasteiger partial charge in [-0.3, -0.25) is 0 Å². The highest BCUT2D eigenvalue weighted by molar-refractivity contribution is 5.91. The van der Waals surface area contributed by atoms with Crippen molar-refractivity contribution in [3.05, 3.63) is 60.2 Å². The minimum Gasteiger partial charge on any atom is -0.492 e. The average Bonchev–Trinajstić information content (AvgIpc) is 3.39. The van der Waals surface area contributed by atoms with Crippen LogP contribution in [-0.4, -0.2) is 34.2 Å². The van der Waals surface area contributed by atoms with Crippen molar-refractivity contribution in [2.24, 2.45) is 0 Å². The van der Waals surface area contributed by atoms with E-state index < -0.39 is 0 Å². The number of hydrogen-bond acceptors (Lipinski definition) is 5. The van der Waals surface area contributed by atoms with Crippen LogP contribution in [0.25, 0.3) is 11.4 Å². The lowest BCUT2D eigenvalue weighted by molar-refractivity contribution is 0.193. The van der Waals surface area contributed by atoms with Crippen LogP contribution in [0.15, 0.2) is 53.1 Å². The van der Waals surface area contributed by atoms with Crippen molar-refractivity contribution < 1.29 is 18.4 Å². The summed E-state index contributed by atoms with van der Waals surface area (Å²) in [5, 5.41) is 6.90. The van der Waals surface area contributed by atoms with Gasteiger partial charge in [-0.1, -0.05) is 17.3 Å². The molecule has 1 fully saturated rings. The number of nitrogens with one attached hydrogen (secondary N) is 1. The fourth-order valence-electron chi connectivity index (χ4n) is 3.39. The topological polar surface area (TPSA) is 80.5 Å². The molecule has 1 aliphatic rings. The second kappa shape index (κ2) is 8.30. The lowest BCUT2D eigenvalue weighted by Crippen LogP contribution is -2.34. The summed E-state index contributed by atoms with van der Waals surface area (Å²) in [6.07, 6.45) is 1.56. The fraction of sp³-hybridized carbons (Fsp3) is 0.286. The summed E-state index contributed by atoms with van der Waals surface area (Å²) in [5.74, 6) is 1.03. The fourth-order valence-corrected chi connectivity index (χ4v) is 3.39. The van der Waals surface area contributed by atoms with Crippen LogP contribution in [0, 0.1) is 5.82 Å². The van der Waals surface area contributed by atoms with Gasteiger partial charge in [-0.25, -0.2) is 9.18 Å². The van der Waals surface area contributed by atoms with E-state index in [9.17, 15) is 9.18 Å². The number of hydrogen-bond donors (Lipinski definition) is 1. The number of carbonyl (C=O) groups is 1. The molecule has 0 aliphatic carbocycles. The first kappa shape index (κ1) is 18.9. The van der Waals surface area contributed by atoms with Crippen molar-refractivity contribution in [1.29, 1.82) is 0 Å². The van der Waals surface area contributed by atoms with Crippen LogP contribution in [0.2, 0.25) is 0 Å². The molecular weight excluding hydrogens is 375 g/mol. The van der Waals surface area contributed by atoms with Gasteiger partial charge in [0.25, 0.3) is 0 Å². The van der Waals surface area contributed by atoms with E-state index in [0.717, 1.165) is 12.8 Å². The number of urea groups is 1. The van der Waals surface area contributed by atoms with Crippen LogP contribution in [0.5, 0.6) is 5.75 Å². The minimum atomic E-state index is -0.330. The Morgan fingerprint density at radius 3 is 2.86 bits per heavy atom. The molecule has 2 heterocycles. The van der Waals surface area contributed by atoms with Gasteiger partial charge in [0, 0.05) is 12.1 Å². The predicted octanol–water partition coefficient (Wildman–Crippen LogP) is 4.64. The molecule has 2 aromatic carbocycles. The lowest BCUT2D eigenvalue weighted by Gasteiger charge is -2.23. The smallest absolute Gasteiger partial charge is 0.322 e. The number of likely N-dealkylation sites (tertiary alicyclic amines) is 1. The molecule has 4 rings (SSSR count). The molecule has 1 unspecified atom stereocenters. The average molecular weight is 396 g/mol. The summed E-state index contributed by atoms with van der Waals surface area (Å²) in [6, 6.07) is 12.6. The third kappa shape index (κ3) is 4.06. The Morgan fingerprint density at radius 1 is 1.28 bits per heavy atom. The van der Waals surface area contributed by atoms with E-state index in [0.29, 0.717) is 41.9 Å². The first-order valence-electron chi connectivity index (χ1n) is 9.54. The molecule has 1 N–H and O–H groups in total. The second-order valence-electron chi connectivity index (χ2n) is 6.67. The molecule has 0 radical (unpaired) electrons. The highest BCUT2D eigenvalue weighted by Crippen LogP contribution is 2.33. The SMILES string of the molecule is CCOc1ccccc1NC(=O)N1CCCC1c1nc(-c2ccc(F)cc2)no1. The van der Waals surface area contributed by atoms with E-state index in [1.165, 1.54) is 12.1 Å². The summed E-state index contributed by atoms with van der Waals surface area (Å²) in [4.78, 5) is 19.0. The molecule has 150 valence electrons. The van der Waals surface area contributed by atoms with Gasteiger partial charge in [-0.15, -0.1) is 0 Å². The summed E-state index contributed by atoms with van der Waals surface area (Å²) >= 11 is 0. The van der Waals surface area contributed by atoms with Crippen LogP contribution in [-0.2, 0) is 0 Å². The van der Waals surface area contributed by atoms with E-state index in [1.54, 1.807) is 23.1 Å². The Kier molecular flexibility index (Phi) is 5.41. The number of halogens is 1. The summed E-state index contributed by atoms with van der Waals surface area (Å²) in [6.45, 7) is 2.98. The molecule has 1 aliphatic heterocycles. The number of rotatable bonds is 5. The van der Waals surface area contributed by atoms with Gasteiger partial charge in [-0.2, -0.15) is 4.98 Å². The molecule has 0 saturated carbocycles. The second-order valence-corrected chi connectivity index (χ2v) is 6.67. The van der Waals surface area contributed by atoms with Crippen molar-refractivity contribution in [2.75, 3.05) is 18.5 Å². The van der Waals surface area contributed by atoms with Crippen LogP contribution in [0.1, 0.15) is 31.7 Å². The van der Waals surface area contributed by atoms with E-state index in [4.69, 9.17) is 9.26 Å². The lowest BCUT2D eigenvalue weighted by atomic mass is 10.2. The van der Waals surface area contributed by atoms with Crippen molar-refractivity contribution in [3.63, 3.8) is 0 Å². The molecule has 8 heteroatoms. The van der Waals surface area contributed by atoms with Crippen LogP contribution < -0.4 is 10.1 Å². The van der Waals surface area contributed by atoms with Gasteiger partial charge in [-0.05, 0) is 56.2 Å². The first-order valence-corrected chi connectivity index (χ1v) is 9.54. The Labute approximate surface area is 167 Å². The van der Waals surface area contributed by atoms with Gasteiger partial charge < -0.3 is 19.5 Å². The van der Waals surface area contributed by atoms with E-state index >= 15 is 0 Å². The highest BCUT2D eigenvalue weighted by atomic mass is 19.1. The van der Waals surface area contributed by atoms with Crippen molar-refractivity contribution in [2.45, 2.75) is 25.8 Å². The van der Waals surface area contributed by atoms with Gasteiger partial charge in [0.05, 0.1) is 12.3 Å². The normalized spacial score (nSPS) is 16.1. The molecule has 1 saturated heterocycles. The number of para-hydroxylation sites is 2. The van der Waals surface area contributed by atoms with Gasteiger partial charge in [0.15, 0.2) is 0 Å². The molecule has 0 spiro atoms. The predicted molar refractivity (Wildman–Crippen MR) is 105 cm³/mol. The van der Waals surface area contributed by atoms with Gasteiger partial charge in [0.1, 0.15) is 17.6 Å². The Morgan fingerprint density at radius 2 is 2.07 bits per heavy atom. The Hall–Kier alpha value is -3.42. The van der Waals surface area contributed by atoms with E-state index in [-0.39, 0.29) is 17.9 Å². The van der Waals surface area contributed by atoms with Crippen LogP contribution >= 0.6 is 0 Å². The van der Waals surface area contributed by atoms with Gasteiger partial charge in [0.2, 0.25) is 11.7 Å². The largest absolute Gasteiger partial charge is 0.492 e. The number of nitrogens with zero attached hydrogens (tertiary/aromatic N) is 3. The zero-order valence-corrected chi connectivity index (χ0v) is 16.0. The molecular formula is C21H21FN4O3. The van der Waals surface area contributed by atoms with E-state index in [1.807, 2.05) is 25.1 Å². The number of aromatic nitrogens is 2. The number of anilines is 1. The molecule has 7 nitrogen and oxygen atoms in total. The molecule has 29 heavy (non-hydrogen) atoms. The maximum Gasteiger partial charge on any atom is 0.322 e. The van der Waals surface area contributed by atoms with E-state index in [2.05, 4.69) is 15.5 Å². The molecule has 1 aromatic heterocycles. The standard InChI is InChI=1S/C21H21FN4O3/c1-2-28-18-8-4-3-6-16(18)23-21(27)26-13-5-7-17(26)20-24-19(25-29-20)14-9-11-15(22)12-10-14/h3-4,6,8-12,17H,2,5,7,13H2,1H3,(H,23,27). The Balaban J connectivity index is 1.51. The molecule has 0 bridgehead atoms. The summed E-state index contributed by atoms with van der Waals surface area (Å²) in [7, 11) is 0. The number of ether oxygens (including phenoxy) is 1. The number of benzene rings is 2. The van der Waals surface area contributed by atoms with Crippen LogP contribution in [0.3, 0.4) is 0 Å². The first-order chi connectivity index (χ1) is 14.2. The maximum atomic E-state index is 13.1. The van der Waals surface area contributed by atoms with Crippen molar-refractivity contribution in [3.8, 4) is 17.1 Å². The number of carbonyl (C=O) groups excluding carboxylic acids is 1. The maximum absolute atomic E-state index is 13.1. The molecule has 2 amide bonds. The Bertz CT molecular complexity index is 990. The third-order valence-electron chi connectivity index (χ3n) is 4.77. The summed E-state index contributed by atoms with van der Waals surface area (Å²) in [5.41, 5.74) is 1.27. The van der Waals surface area contributed by atoms with Crippen molar-refractivity contribution in [1.82, 2.24) is 15.0 Å². The monoisotopic (exact) mass is 396 g/mol. The summed E-state index contributed by atoms with van der Waals surface area (Å²) < 4.78 is 24.1. The van der Waals surface area contributed by atoms with Crippen LogP contribution in [0.4, 0.5) is 14.9 Å². The van der Waals surface area contributed by atoms with Crippen molar-refractivity contribution >= 4 is 11.7 Å². The molecule has 3 aromatic rings. The third-order valence-corrected chi connectivity index (χ3v) is 4.77. The highest BCUT2D eigenvalue weighted by Gasteiger charge is 2.34. The molecule has 1 atom stereocenters. The zero-order chi connectivity index (χ0) is 20.2. The number of amides is 2.